The lowest BCUT2D eigenvalue weighted by Crippen LogP contribution is -2.45. The standard InChI is InChI=1S/C25H23F3N4O3S/c26-18-6-4-16(5-7-18)12-17-14-36(34,35)15-20-23(25(33)30-31-10-2-1-3-11-31)29-32(24(17)20)22-9-8-19(27)13-21(22)28/h4-9,12-13H,1-3,10-11,14-15H2,(H,30,33)/b17-12+. The Hall–Kier alpha value is -3.44. The number of carbonyl (C=O) groups excluding carboxylic acids is 1. The molecule has 1 saturated heterocycles. The molecule has 0 radical (unpaired) electrons. The number of amides is 1. The van der Waals surface area contributed by atoms with Crippen LogP contribution >= 0.6 is 0 Å². The molecule has 0 aliphatic carbocycles. The molecule has 3 aromatic rings. The molecule has 1 aromatic heterocycles. The lowest BCUT2D eigenvalue weighted by molar-refractivity contribution is 0.0743. The van der Waals surface area contributed by atoms with Crippen molar-refractivity contribution in [3.8, 4) is 5.69 Å². The molecule has 2 aliphatic heterocycles. The monoisotopic (exact) mass is 516 g/mol. The van der Waals surface area contributed by atoms with Gasteiger partial charge in [-0.2, -0.15) is 5.10 Å². The summed E-state index contributed by atoms with van der Waals surface area (Å²) in [5.74, 6) is -3.62. The van der Waals surface area contributed by atoms with Gasteiger partial charge in [0.05, 0.1) is 17.2 Å². The van der Waals surface area contributed by atoms with Crippen LogP contribution in [0.25, 0.3) is 17.3 Å². The Morgan fingerprint density at radius 3 is 2.33 bits per heavy atom. The highest BCUT2D eigenvalue weighted by Crippen LogP contribution is 2.35. The number of fused-ring (bicyclic) bond motifs is 1. The van der Waals surface area contributed by atoms with Crippen molar-refractivity contribution in [1.29, 1.82) is 0 Å². The van der Waals surface area contributed by atoms with Crippen LogP contribution in [-0.4, -0.2) is 48.0 Å². The van der Waals surface area contributed by atoms with Crippen molar-refractivity contribution >= 4 is 27.4 Å². The fourth-order valence-corrected chi connectivity index (χ4v) is 6.08. The number of benzene rings is 2. The molecule has 1 N–H and O–H groups in total. The Morgan fingerprint density at radius 2 is 1.64 bits per heavy atom. The van der Waals surface area contributed by atoms with Gasteiger partial charge in [0.2, 0.25) is 0 Å². The first kappa shape index (κ1) is 24.3. The summed E-state index contributed by atoms with van der Waals surface area (Å²) in [6.07, 6.45) is 4.41. The Labute approximate surface area is 206 Å². The number of aromatic nitrogens is 2. The number of hydrazine groups is 1. The normalized spacial score (nSPS) is 18.7. The molecule has 5 rings (SSSR count). The lowest BCUT2D eigenvalue weighted by atomic mass is 10.0. The highest BCUT2D eigenvalue weighted by atomic mass is 32.2. The van der Waals surface area contributed by atoms with Crippen molar-refractivity contribution < 1.29 is 26.4 Å². The van der Waals surface area contributed by atoms with E-state index in [9.17, 15) is 26.4 Å². The number of rotatable bonds is 4. The quantitative estimate of drug-likeness (QED) is 0.569. The molecule has 1 fully saturated rings. The highest BCUT2D eigenvalue weighted by Gasteiger charge is 2.35. The van der Waals surface area contributed by atoms with E-state index in [0.717, 1.165) is 30.0 Å². The van der Waals surface area contributed by atoms with Gasteiger partial charge in [-0.15, -0.1) is 0 Å². The Bertz CT molecular complexity index is 1460. The molecule has 0 unspecified atom stereocenters. The van der Waals surface area contributed by atoms with E-state index in [-0.39, 0.29) is 34.0 Å². The zero-order chi connectivity index (χ0) is 25.4. The summed E-state index contributed by atoms with van der Waals surface area (Å²) in [5, 5.41) is 6.09. The van der Waals surface area contributed by atoms with E-state index in [4.69, 9.17) is 0 Å². The number of nitrogens with zero attached hydrogens (tertiary/aromatic N) is 3. The SMILES string of the molecule is O=C(NN1CCCCC1)c1nn(-c2ccc(F)cc2F)c2c1CS(=O)(=O)C/C2=C\c1ccc(F)cc1. The molecule has 2 aliphatic rings. The second-order valence-electron chi connectivity index (χ2n) is 8.93. The molecule has 36 heavy (non-hydrogen) atoms. The van der Waals surface area contributed by atoms with Crippen LogP contribution in [0.1, 0.15) is 46.6 Å². The van der Waals surface area contributed by atoms with Crippen molar-refractivity contribution in [2.24, 2.45) is 0 Å². The maximum absolute atomic E-state index is 14.9. The van der Waals surface area contributed by atoms with Crippen LogP contribution in [0.4, 0.5) is 13.2 Å². The van der Waals surface area contributed by atoms with E-state index in [1.165, 1.54) is 30.3 Å². The molecule has 3 heterocycles. The second kappa shape index (κ2) is 9.55. The molecule has 7 nitrogen and oxygen atoms in total. The first-order chi connectivity index (χ1) is 17.2. The van der Waals surface area contributed by atoms with E-state index in [0.29, 0.717) is 24.7 Å². The van der Waals surface area contributed by atoms with Gasteiger partial charge < -0.3 is 0 Å². The number of hydrogen-bond acceptors (Lipinski definition) is 5. The molecule has 1 amide bonds. The molecule has 0 atom stereocenters. The van der Waals surface area contributed by atoms with E-state index in [1.54, 1.807) is 11.1 Å². The summed E-state index contributed by atoms with van der Waals surface area (Å²) < 4.78 is 68.8. The third-order valence-electron chi connectivity index (χ3n) is 6.21. The Morgan fingerprint density at radius 1 is 0.944 bits per heavy atom. The predicted octanol–water partition coefficient (Wildman–Crippen LogP) is 3.89. The van der Waals surface area contributed by atoms with Gasteiger partial charge >= 0.3 is 0 Å². The molecule has 0 spiro atoms. The summed E-state index contributed by atoms with van der Waals surface area (Å²) in [7, 11) is -3.69. The zero-order valence-corrected chi connectivity index (χ0v) is 20.0. The van der Waals surface area contributed by atoms with Crippen LogP contribution in [0, 0.1) is 17.5 Å². The van der Waals surface area contributed by atoms with Gasteiger partial charge in [-0.05, 0) is 54.3 Å². The molecule has 2 aromatic carbocycles. The van der Waals surface area contributed by atoms with Crippen molar-refractivity contribution in [3.05, 3.63) is 82.4 Å². The molecule has 11 heteroatoms. The van der Waals surface area contributed by atoms with Crippen molar-refractivity contribution in [3.63, 3.8) is 0 Å². The average Bonchev–Trinajstić information content (AvgIpc) is 3.19. The van der Waals surface area contributed by atoms with Crippen molar-refractivity contribution in [2.75, 3.05) is 18.8 Å². The molecular formula is C25H23F3N4O3S. The minimum absolute atomic E-state index is 0.131. The Balaban J connectivity index is 1.68. The fraction of sp³-hybridized carbons (Fsp3) is 0.280. The van der Waals surface area contributed by atoms with E-state index < -0.39 is 38.9 Å². The van der Waals surface area contributed by atoms with Gasteiger partial charge in [0.1, 0.15) is 17.3 Å². The van der Waals surface area contributed by atoms with E-state index in [2.05, 4.69) is 10.5 Å². The predicted molar refractivity (Wildman–Crippen MR) is 128 cm³/mol. The van der Waals surface area contributed by atoms with Crippen LogP contribution in [0.3, 0.4) is 0 Å². The third kappa shape index (κ3) is 4.93. The third-order valence-corrected chi connectivity index (χ3v) is 7.69. The number of sulfone groups is 1. The Kier molecular flexibility index (Phi) is 6.44. The van der Waals surface area contributed by atoms with E-state index in [1.807, 2.05) is 0 Å². The summed E-state index contributed by atoms with van der Waals surface area (Å²) in [5.41, 5.74) is 3.65. The number of nitrogens with one attached hydrogen (secondary N) is 1. The minimum atomic E-state index is -3.69. The number of piperidine rings is 1. The van der Waals surface area contributed by atoms with Crippen LogP contribution in [0.15, 0.2) is 42.5 Å². The van der Waals surface area contributed by atoms with Gasteiger partial charge in [-0.1, -0.05) is 18.6 Å². The van der Waals surface area contributed by atoms with Gasteiger partial charge in [0, 0.05) is 24.7 Å². The van der Waals surface area contributed by atoms with Gasteiger partial charge in [-0.25, -0.2) is 31.3 Å². The zero-order valence-electron chi connectivity index (χ0n) is 19.2. The van der Waals surface area contributed by atoms with Crippen molar-refractivity contribution in [2.45, 2.75) is 25.0 Å². The topological polar surface area (TPSA) is 84.3 Å². The highest BCUT2D eigenvalue weighted by molar-refractivity contribution is 7.91. The van der Waals surface area contributed by atoms with E-state index >= 15 is 0 Å². The molecular weight excluding hydrogens is 493 g/mol. The molecule has 188 valence electrons. The molecule has 0 saturated carbocycles. The largest absolute Gasteiger partial charge is 0.286 e. The van der Waals surface area contributed by atoms with Gasteiger partial charge in [-0.3, -0.25) is 10.2 Å². The number of hydrogen-bond donors (Lipinski definition) is 1. The molecule has 0 bridgehead atoms. The first-order valence-electron chi connectivity index (χ1n) is 11.5. The lowest BCUT2D eigenvalue weighted by Gasteiger charge is -2.26. The summed E-state index contributed by atoms with van der Waals surface area (Å²) in [6, 6.07) is 8.36. The fourth-order valence-electron chi connectivity index (χ4n) is 4.58. The summed E-state index contributed by atoms with van der Waals surface area (Å²) in [4.78, 5) is 13.2. The van der Waals surface area contributed by atoms with Crippen LogP contribution in [-0.2, 0) is 15.6 Å². The smallest absolute Gasteiger partial charge is 0.283 e. The van der Waals surface area contributed by atoms with Crippen molar-refractivity contribution in [1.82, 2.24) is 20.2 Å². The summed E-state index contributed by atoms with van der Waals surface area (Å²) >= 11 is 0. The van der Waals surface area contributed by atoms with Gasteiger partial charge in [0.15, 0.2) is 21.3 Å². The van der Waals surface area contributed by atoms with Crippen LogP contribution in [0.2, 0.25) is 0 Å². The average molecular weight is 517 g/mol. The minimum Gasteiger partial charge on any atom is -0.283 e. The first-order valence-corrected chi connectivity index (χ1v) is 13.3. The maximum atomic E-state index is 14.9. The number of carbonyl (C=O) groups is 1. The van der Waals surface area contributed by atoms with Gasteiger partial charge in [0.25, 0.3) is 5.91 Å². The maximum Gasteiger partial charge on any atom is 0.286 e. The number of halogens is 3. The van der Waals surface area contributed by atoms with Crippen LogP contribution in [0.5, 0.6) is 0 Å². The van der Waals surface area contributed by atoms with Crippen LogP contribution < -0.4 is 5.43 Å². The summed E-state index contributed by atoms with van der Waals surface area (Å²) in [6.45, 7) is 1.30. The second-order valence-corrected chi connectivity index (χ2v) is 11.0.